The Morgan fingerprint density at radius 3 is 1.40 bits per heavy atom. The molecule has 0 saturated carbocycles. The summed E-state index contributed by atoms with van der Waals surface area (Å²) in [4.78, 5) is 0. The van der Waals surface area contributed by atoms with Gasteiger partial charge >= 0.3 is 0 Å². The Balaban J connectivity index is 2.04. The van der Waals surface area contributed by atoms with Gasteiger partial charge < -0.3 is 11.5 Å². The van der Waals surface area contributed by atoms with Crippen molar-refractivity contribution in [1.29, 1.82) is 0 Å². The summed E-state index contributed by atoms with van der Waals surface area (Å²) in [5, 5.41) is 0. The van der Waals surface area contributed by atoms with E-state index < -0.39 is 0 Å². The third-order valence-electron chi connectivity index (χ3n) is 6.93. The molecule has 2 aliphatic rings. The molecular formula is C23H30N2. The molecule has 0 bridgehead atoms. The average molecular weight is 335 g/mol. The first-order valence-corrected chi connectivity index (χ1v) is 9.47. The molecule has 0 atom stereocenters. The highest BCUT2D eigenvalue weighted by atomic mass is 14.6. The molecule has 2 aromatic rings. The van der Waals surface area contributed by atoms with Crippen LogP contribution in [0.15, 0.2) is 36.4 Å². The van der Waals surface area contributed by atoms with Crippen LogP contribution in [0.1, 0.15) is 75.6 Å². The first-order chi connectivity index (χ1) is 11.7. The first-order valence-electron chi connectivity index (χ1n) is 9.47. The third-order valence-corrected chi connectivity index (χ3v) is 6.93. The van der Waals surface area contributed by atoms with E-state index >= 15 is 0 Å². The van der Waals surface area contributed by atoms with E-state index in [0.717, 1.165) is 11.4 Å². The second-order valence-corrected chi connectivity index (χ2v) is 9.46. The number of hydrogen-bond acceptors (Lipinski definition) is 2. The van der Waals surface area contributed by atoms with Gasteiger partial charge in [-0.25, -0.2) is 0 Å². The Kier molecular flexibility index (Phi) is 3.32. The van der Waals surface area contributed by atoms with Gasteiger partial charge in [0.2, 0.25) is 0 Å². The summed E-state index contributed by atoms with van der Waals surface area (Å²) >= 11 is 0. The van der Waals surface area contributed by atoms with Crippen molar-refractivity contribution >= 4 is 11.4 Å². The number of fused-ring (bicyclic) bond motifs is 4. The molecule has 25 heavy (non-hydrogen) atoms. The van der Waals surface area contributed by atoms with E-state index in [2.05, 4.69) is 64.1 Å². The smallest absolute Gasteiger partial charge is 0.0317 e. The fourth-order valence-corrected chi connectivity index (χ4v) is 5.23. The largest absolute Gasteiger partial charge is 0.399 e. The van der Waals surface area contributed by atoms with Crippen LogP contribution in [0.3, 0.4) is 0 Å². The van der Waals surface area contributed by atoms with Crippen molar-refractivity contribution in [2.75, 3.05) is 11.5 Å². The second-order valence-electron chi connectivity index (χ2n) is 9.46. The van der Waals surface area contributed by atoms with Gasteiger partial charge in [0.15, 0.2) is 0 Å². The zero-order chi connectivity index (χ0) is 18.0. The molecule has 4 rings (SSSR count). The highest BCUT2D eigenvalue weighted by Crippen LogP contribution is 2.57. The van der Waals surface area contributed by atoms with Crippen molar-refractivity contribution in [2.24, 2.45) is 0 Å². The molecule has 2 aromatic carbocycles. The number of hydrogen-bond donors (Lipinski definition) is 2. The van der Waals surface area contributed by atoms with Crippen LogP contribution in [-0.4, -0.2) is 0 Å². The molecule has 132 valence electrons. The standard InChI is InChI=1S/C23H30N2/c1-21(2)9-11-23(19-13-15(24)5-7-17(19)21)12-10-22(3,4)18-8-6-16(25)14-20(18)23/h5-8,13-14H,9-12,24-25H2,1-4H3. The van der Waals surface area contributed by atoms with Gasteiger partial charge in [-0.05, 0) is 83.0 Å². The van der Waals surface area contributed by atoms with E-state index in [9.17, 15) is 0 Å². The molecular weight excluding hydrogens is 304 g/mol. The van der Waals surface area contributed by atoms with Gasteiger partial charge in [0.05, 0.1) is 0 Å². The molecule has 0 amide bonds. The molecule has 2 heteroatoms. The molecule has 0 aliphatic heterocycles. The zero-order valence-electron chi connectivity index (χ0n) is 15.9. The molecule has 2 nitrogen and oxygen atoms in total. The summed E-state index contributed by atoms with van der Waals surface area (Å²) < 4.78 is 0. The van der Waals surface area contributed by atoms with Crippen LogP contribution in [-0.2, 0) is 16.2 Å². The van der Waals surface area contributed by atoms with Gasteiger partial charge in [0.1, 0.15) is 0 Å². The van der Waals surface area contributed by atoms with E-state index in [4.69, 9.17) is 11.5 Å². The lowest BCUT2D eigenvalue weighted by Crippen LogP contribution is -2.44. The number of rotatable bonds is 0. The Hall–Kier alpha value is -1.96. The number of benzene rings is 2. The van der Waals surface area contributed by atoms with Gasteiger partial charge in [0, 0.05) is 16.8 Å². The highest BCUT2D eigenvalue weighted by Gasteiger charge is 2.49. The average Bonchev–Trinajstić information content (AvgIpc) is 2.53. The van der Waals surface area contributed by atoms with Crippen LogP contribution in [0, 0.1) is 0 Å². The predicted molar refractivity (Wildman–Crippen MR) is 107 cm³/mol. The summed E-state index contributed by atoms with van der Waals surface area (Å²) in [6, 6.07) is 13.1. The summed E-state index contributed by atoms with van der Waals surface area (Å²) in [6.07, 6.45) is 4.73. The van der Waals surface area contributed by atoms with Crippen molar-refractivity contribution in [1.82, 2.24) is 0 Å². The maximum atomic E-state index is 6.24. The van der Waals surface area contributed by atoms with Gasteiger partial charge in [-0.3, -0.25) is 0 Å². The highest BCUT2D eigenvalue weighted by molar-refractivity contribution is 5.61. The van der Waals surface area contributed by atoms with Gasteiger partial charge in [-0.1, -0.05) is 39.8 Å². The van der Waals surface area contributed by atoms with Crippen LogP contribution in [0.4, 0.5) is 11.4 Å². The molecule has 0 fully saturated rings. The Bertz CT molecular complexity index is 774. The fraction of sp³-hybridized carbons (Fsp3) is 0.478. The molecule has 0 unspecified atom stereocenters. The van der Waals surface area contributed by atoms with Crippen molar-refractivity contribution in [3.8, 4) is 0 Å². The fourth-order valence-electron chi connectivity index (χ4n) is 5.23. The molecule has 0 heterocycles. The van der Waals surface area contributed by atoms with E-state index in [1.165, 1.54) is 47.9 Å². The first kappa shape index (κ1) is 16.5. The van der Waals surface area contributed by atoms with E-state index in [-0.39, 0.29) is 16.2 Å². The summed E-state index contributed by atoms with van der Waals surface area (Å²) in [6.45, 7) is 9.45. The van der Waals surface area contributed by atoms with Crippen molar-refractivity contribution in [3.63, 3.8) is 0 Å². The third kappa shape index (κ3) is 2.30. The van der Waals surface area contributed by atoms with Crippen molar-refractivity contribution in [2.45, 2.75) is 69.6 Å². The molecule has 0 aromatic heterocycles. The quantitative estimate of drug-likeness (QED) is 0.644. The zero-order valence-corrected chi connectivity index (χ0v) is 15.9. The minimum atomic E-state index is 0.0560. The summed E-state index contributed by atoms with van der Waals surface area (Å²) in [7, 11) is 0. The van der Waals surface area contributed by atoms with Crippen LogP contribution in [0.2, 0.25) is 0 Å². The van der Waals surface area contributed by atoms with Crippen molar-refractivity contribution < 1.29 is 0 Å². The topological polar surface area (TPSA) is 52.0 Å². The molecule has 0 saturated heterocycles. The SMILES string of the molecule is CC1(C)CCC2(CCC(C)(C)c3ccc(N)cc32)c2cc(N)ccc21. The maximum Gasteiger partial charge on any atom is 0.0317 e. The molecule has 1 spiro atoms. The number of nitrogen functional groups attached to an aromatic ring is 2. The van der Waals surface area contributed by atoms with Crippen LogP contribution in [0.5, 0.6) is 0 Å². The maximum absolute atomic E-state index is 6.24. The molecule has 2 aliphatic carbocycles. The lowest BCUT2D eigenvalue weighted by atomic mass is 9.52. The molecule has 0 radical (unpaired) electrons. The Labute approximate surface area is 151 Å². The minimum absolute atomic E-state index is 0.0560. The second kappa shape index (κ2) is 5.03. The Morgan fingerprint density at radius 1 is 0.600 bits per heavy atom. The monoisotopic (exact) mass is 334 g/mol. The summed E-state index contributed by atoms with van der Waals surface area (Å²) in [5.41, 5.74) is 20.5. The van der Waals surface area contributed by atoms with Gasteiger partial charge in [-0.15, -0.1) is 0 Å². The normalized spacial score (nSPS) is 22.2. The number of nitrogens with two attached hydrogens (primary N) is 2. The lowest BCUT2D eigenvalue weighted by molar-refractivity contribution is 0.265. The van der Waals surface area contributed by atoms with Crippen molar-refractivity contribution in [3.05, 3.63) is 58.7 Å². The van der Waals surface area contributed by atoms with Crippen LogP contribution in [0.25, 0.3) is 0 Å². The minimum Gasteiger partial charge on any atom is -0.399 e. The lowest BCUT2D eigenvalue weighted by Gasteiger charge is -2.51. The van der Waals surface area contributed by atoms with E-state index in [0.29, 0.717) is 0 Å². The van der Waals surface area contributed by atoms with E-state index in [1.54, 1.807) is 0 Å². The van der Waals surface area contributed by atoms with Gasteiger partial charge in [0.25, 0.3) is 0 Å². The predicted octanol–water partition coefficient (Wildman–Crippen LogP) is 5.28. The van der Waals surface area contributed by atoms with Crippen LogP contribution >= 0.6 is 0 Å². The van der Waals surface area contributed by atoms with Gasteiger partial charge in [-0.2, -0.15) is 0 Å². The summed E-state index contributed by atoms with van der Waals surface area (Å²) in [5.74, 6) is 0. The Morgan fingerprint density at radius 2 is 1.00 bits per heavy atom. The van der Waals surface area contributed by atoms with Crippen LogP contribution < -0.4 is 11.5 Å². The van der Waals surface area contributed by atoms with E-state index in [1.807, 2.05) is 0 Å². The molecule has 4 N–H and O–H groups in total. The number of anilines is 2.